The van der Waals surface area contributed by atoms with Crippen LogP contribution in [0.25, 0.3) is 0 Å². The van der Waals surface area contributed by atoms with E-state index in [0.717, 1.165) is 19.4 Å². The van der Waals surface area contributed by atoms with Crippen LogP contribution in [0.15, 0.2) is 0 Å². The van der Waals surface area contributed by atoms with Crippen molar-refractivity contribution < 1.29 is 13.5 Å². The van der Waals surface area contributed by atoms with Gasteiger partial charge in [0.15, 0.2) is 0 Å². The molecule has 0 bridgehead atoms. The van der Waals surface area contributed by atoms with E-state index in [1.54, 1.807) is 0 Å². The van der Waals surface area contributed by atoms with E-state index in [4.69, 9.17) is 4.74 Å². The van der Waals surface area contributed by atoms with Crippen LogP contribution in [-0.4, -0.2) is 32.7 Å². The zero-order valence-corrected chi connectivity index (χ0v) is 7.22. The summed E-state index contributed by atoms with van der Waals surface area (Å²) in [6, 6.07) is 0. The van der Waals surface area contributed by atoms with Gasteiger partial charge in [0.2, 0.25) is 0 Å². The third-order valence-corrected chi connectivity index (χ3v) is 2.14. The Labute approximate surface area is 71.3 Å². The third kappa shape index (κ3) is 3.03. The first kappa shape index (κ1) is 9.86. The summed E-state index contributed by atoms with van der Waals surface area (Å²) in [6.07, 6.45) is -0.396. The van der Waals surface area contributed by atoms with E-state index < -0.39 is 13.0 Å². The molecule has 2 nitrogen and oxygen atoms in total. The zero-order chi connectivity index (χ0) is 8.97. The van der Waals surface area contributed by atoms with Crippen molar-refractivity contribution in [3.63, 3.8) is 0 Å². The first-order valence-electron chi connectivity index (χ1n) is 4.26. The van der Waals surface area contributed by atoms with E-state index in [0.29, 0.717) is 5.92 Å². The topological polar surface area (TPSA) is 21.3 Å². The standard InChI is InChI=1S/C8H15F2NO/c1-11-4-6-2-7(3-6)12-5-8(9)10/h6-8,11H,2-5H2,1H3. The molecule has 1 N–H and O–H groups in total. The molecular formula is C8H15F2NO. The van der Waals surface area contributed by atoms with Crippen LogP contribution in [0.4, 0.5) is 8.78 Å². The molecule has 1 aliphatic rings. The largest absolute Gasteiger partial charge is 0.372 e. The van der Waals surface area contributed by atoms with Crippen molar-refractivity contribution in [1.29, 1.82) is 0 Å². The predicted molar refractivity (Wildman–Crippen MR) is 42.4 cm³/mol. The Morgan fingerprint density at radius 3 is 2.67 bits per heavy atom. The van der Waals surface area contributed by atoms with E-state index in [1.165, 1.54) is 0 Å². The molecule has 0 radical (unpaired) electrons. The molecule has 0 spiro atoms. The second kappa shape index (κ2) is 4.72. The van der Waals surface area contributed by atoms with Crippen molar-refractivity contribution in [2.45, 2.75) is 25.4 Å². The van der Waals surface area contributed by atoms with Gasteiger partial charge in [0, 0.05) is 0 Å². The Morgan fingerprint density at radius 2 is 2.17 bits per heavy atom. The van der Waals surface area contributed by atoms with E-state index in [1.807, 2.05) is 7.05 Å². The van der Waals surface area contributed by atoms with Crippen molar-refractivity contribution in [1.82, 2.24) is 5.32 Å². The first-order chi connectivity index (χ1) is 5.72. The number of ether oxygens (including phenoxy) is 1. The highest BCUT2D eigenvalue weighted by Crippen LogP contribution is 2.29. The number of alkyl halides is 2. The lowest BCUT2D eigenvalue weighted by molar-refractivity contribution is -0.0726. The van der Waals surface area contributed by atoms with Gasteiger partial charge in [-0.2, -0.15) is 0 Å². The quantitative estimate of drug-likeness (QED) is 0.686. The molecule has 0 aromatic heterocycles. The number of halogens is 2. The Kier molecular flexibility index (Phi) is 3.88. The highest BCUT2D eigenvalue weighted by molar-refractivity contribution is 4.81. The van der Waals surface area contributed by atoms with E-state index in [9.17, 15) is 8.78 Å². The lowest BCUT2D eigenvalue weighted by atomic mass is 9.82. The summed E-state index contributed by atoms with van der Waals surface area (Å²) >= 11 is 0. The summed E-state index contributed by atoms with van der Waals surface area (Å²) in [5, 5.41) is 3.05. The molecule has 0 aromatic carbocycles. The second-order valence-corrected chi connectivity index (χ2v) is 3.24. The Balaban J connectivity index is 1.95. The third-order valence-electron chi connectivity index (χ3n) is 2.14. The Morgan fingerprint density at radius 1 is 1.50 bits per heavy atom. The molecule has 0 heterocycles. The molecule has 1 rings (SSSR count). The number of hydrogen-bond acceptors (Lipinski definition) is 2. The van der Waals surface area contributed by atoms with Crippen LogP contribution >= 0.6 is 0 Å². The number of nitrogens with one attached hydrogen (secondary N) is 1. The average molecular weight is 179 g/mol. The molecule has 0 unspecified atom stereocenters. The van der Waals surface area contributed by atoms with Crippen molar-refractivity contribution in [3.8, 4) is 0 Å². The van der Waals surface area contributed by atoms with Gasteiger partial charge in [-0.15, -0.1) is 0 Å². The fourth-order valence-electron chi connectivity index (χ4n) is 1.47. The van der Waals surface area contributed by atoms with Gasteiger partial charge < -0.3 is 10.1 Å². The molecular weight excluding hydrogens is 164 g/mol. The van der Waals surface area contributed by atoms with Gasteiger partial charge in [-0.25, -0.2) is 8.78 Å². The summed E-state index contributed by atoms with van der Waals surface area (Å²) in [4.78, 5) is 0. The Hall–Kier alpha value is -0.220. The molecule has 72 valence electrons. The van der Waals surface area contributed by atoms with Gasteiger partial charge in [0.1, 0.15) is 6.61 Å². The second-order valence-electron chi connectivity index (χ2n) is 3.24. The molecule has 0 aromatic rings. The summed E-state index contributed by atoms with van der Waals surface area (Å²) in [6.45, 7) is 0.561. The van der Waals surface area contributed by atoms with Gasteiger partial charge >= 0.3 is 0 Å². The lowest BCUT2D eigenvalue weighted by Gasteiger charge is -2.34. The van der Waals surface area contributed by atoms with E-state index in [2.05, 4.69) is 5.32 Å². The van der Waals surface area contributed by atoms with Crippen molar-refractivity contribution in [2.24, 2.45) is 5.92 Å². The van der Waals surface area contributed by atoms with Crippen LogP contribution in [0.3, 0.4) is 0 Å². The fourth-order valence-corrected chi connectivity index (χ4v) is 1.47. The summed E-state index contributed by atoms with van der Waals surface area (Å²) in [7, 11) is 1.90. The molecule has 0 saturated heterocycles. The Bertz CT molecular complexity index is 126. The van der Waals surface area contributed by atoms with Crippen molar-refractivity contribution in [3.05, 3.63) is 0 Å². The van der Waals surface area contributed by atoms with Gasteiger partial charge in [0.05, 0.1) is 6.10 Å². The average Bonchev–Trinajstić information content (AvgIpc) is 1.93. The molecule has 0 amide bonds. The van der Waals surface area contributed by atoms with Gasteiger partial charge in [0.25, 0.3) is 6.43 Å². The molecule has 12 heavy (non-hydrogen) atoms. The van der Waals surface area contributed by atoms with E-state index in [-0.39, 0.29) is 6.10 Å². The molecule has 1 aliphatic carbocycles. The summed E-state index contributed by atoms with van der Waals surface area (Å²) < 4.78 is 28.3. The minimum Gasteiger partial charge on any atom is -0.372 e. The molecule has 1 fully saturated rings. The fraction of sp³-hybridized carbons (Fsp3) is 1.00. The SMILES string of the molecule is CNCC1CC(OCC(F)F)C1. The maximum atomic E-state index is 11.7. The lowest BCUT2D eigenvalue weighted by Crippen LogP contribution is -2.37. The van der Waals surface area contributed by atoms with Crippen LogP contribution in [0.5, 0.6) is 0 Å². The normalized spacial score (nSPS) is 29.0. The number of hydrogen-bond donors (Lipinski definition) is 1. The van der Waals surface area contributed by atoms with Gasteiger partial charge in [-0.1, -0.05) is 0 Å². The smallest absolute Gasteiger partial charge is 0.261 e. The van der Waals surface area contributed by atoms with E-state index >= 15 is 0 Å². The zero-order valence-electron chi connectivity index (χ0n) is 7.22. The van der Waals surface area contributed by atoms with Gasteiger partial charge in [-0.05, 0) is 32.4 Å². The maximum Gasteiger partial charge on any atom is 0.261 e. The summed E-state index contributed by atoms with van der Waals surface area (Å²) in [5.74, 6) is 0.623. The summed E-state index contributed by atoms with van der Waals surface area (Å²) in [5.41, 5.74) is 0. The molecule has 0 atom stereocenters. The van der Waals surface area contributed by atoms with Gasteiger partial charge in [-0.3, -0.25) is 0 Å². The first-order valence-corrected chi connectivity index (χ1v) is 4.26. The van der Waals surface area contributed by atoms with Crippen LogP contribution in [0, 0.1) is 5.92 Å². The van der Waals surface area contributed by atoms with Crippen LogP contribution < -0.4 is 5.32 Å². The van der Waals surface area contributed by atoms with Crippen LogP contribution in [0.1, 0.15) is 12.8 Å². The predicted octanol–water partition coefficient (Wildman–Crippen LogP) is 1.27. The molecule has 4 heteroatoms. The molecule has 0 aliphatic heterocycles. The number of rotatable bonds is 5. The van der Waals surface area contributed by atoms with Crippen LogP contribution in [-0.2, 0) is 4.74 Å². The molecule has 1 saturated carbocycles. The van der Waals surface area contributed by atoms with Crippen LogP contribution in [0.2, 0.25) is 0 Å². The maximum absolute atomic E-state index is 11.7. The highest BCUT2D eigenvalue weighted by atomic mass is 19.3. The van der Waals surface area contributed by atoms with Crippen molar-refractivity contribution in [2.75, 3.05) is 20.2 Å². The highest BCUT2D eigenvalue weighted by Gasteiger charge is 2.29. The minimum absolute atomic E-state index is 0.0809. The monoisotopic (exact) mass is 179 g/mol. The van der Waals surface area contributed by atoms with Crippen molar-refractivity contribution >= 4 is 0 Å². The minimum atomic E-state index is -2.33.